The molecule has 3 aromatic rings. The van der Waals surface area contributed by atoms with Crippen LogP contribution in [0, 0.1) is 11.3 Å². The van der Waals surface area contributed by atoms with Crippen LogP contribution in [0.4, 0.5) is 0 Å². The Morgan fingerprint density at radius 1 is 1.45 bits per heavy atom. The van der Waals surface area contributed by atoms with Crippen LogP contribution in [0.15, 0.2) is 41.3 Å². The molecule has 1 atom stereocenters. The maximum absolute atomic E-state index is 9.36. The van der Waals surface area contributed by atoms with Crippen LogP contribution in [0.25, 0.3) is 21.9 Å². The smallest absolute Gasteiger partial charge is 0.152 e. The number of hydrogen-bond donors (Lipinski definition) is 1. The van der Waals surface area contributed by atoms with E-state index in [4.69, 9.17) is 15.5 Å². The number of likely N-dealkylation sites (tertiary alicyclic amines) is 1. The highest BCUT2D eigenvalue weighted by molar-refractivity contribution is 6.02. The van der Waals surface area contributed by atoms with E-state index in [9.17, 15) is 5.26 Å². The Morgan fingerprint density at radius 3 is 3.00 bits per heavy atom. The molecule has 3 heterocycles. The van der Waals surface area contributed by atoms with E-state index in [2.05, 4.69) is 32.6 Å². The lowest BCUT2D eigenvalue weighted by molar-refractivity contribution is 0.316. The summed E-state index contributed by atoms with van der Waals surface area (Å²) < 4.78 is 7.41. The standard InChI is InChI=1S/C21H23N7O/c1-27-6-5-15(13-27)28-20(12-24-10-16(9-23)29-2)26-19-11-25-18-4-3-14(8-22)7-17(18)21(19)28/h3-4,7,9-11,15H,5-6,12-13,23H2,1-2H3/t15-/m1/s1. The van der Waals surface area contributed by atoms with E-state index in [1.807, 2.05) is 12.1 Å². The molecule has 1 aliphatic heterocycles. The lowest BCUT2D eigenvalue weighted by atomic mass is 10.1. The van der Waals surface area contributed by atoms with E-state index in [-0.39, 0.29) is 0 Å². The molecule has 1 aliphatic rings. The topological polar surface area (TPSA) is 105 Å². The Kier molecular flexibility index (Phi) is 5.14. The molecule has 0 unspecified atom stereocenters. The van der Waals surface area contributed by atoms with Crippen LogP contribution < -0.4 is 5.73 Å². The van der Waals surface area contributed by atoms with E-state index < -0.39 is 0 Å². The molecule has 0 amide bonds. The van der Waals surface area contributed by atoms with Gasteiger partial charge in [-0.1, -0.05) is 0 Å². The number of fused-ring (bicyclic) bond motifs is 3. The van der Waals surface area contributed by atoms with Crippen molar-refractivity contribution in [1.29, 1.82) is 5.26 Å². The Labute approximate surface area is 168 Å². The second kappa shape index (κ2) is 7.89. The number of imidazole rings is 1. The summed E-state index contributed by atoms with van der Waals surface area (Å²) in [5.41, 5.74) is 8.81. The Morgan fingerprint density at radius 2 is 2.31 bits per heavy atom. The molecule has 0 radical (unpaired) electrons. The number of allylic oxidation sites excluding steroid dienone is 1. The molecule has 1 saturated heterocycles. The molecular formula is C21H23N7O. The molecule has 4 rings (SSSR count). The number of nitrogens with two attached hydrogens (primary N) is 1. The van der Waals surface area contributed by atoms with Gasteiger partial charge in [-0.15, -0.1) is 0 Å². The van der Waals surface area contributed by atoms with Crippen LogP contribution in [0.3, 0.4) is 0 Å². The first-order valence-electron chi connectivity index (χ1n) is 9.48. The minimum absolute atomic E-state index is 0.290. The van der Waals surface area contributed by atoms with Gasteiger partial charge in [0, 0.05) is 24.2 Å². The predicted octanol–water partition coefficient (Wildman–Crippen LogP) is 2.35. The quantitative estimate of drug-likeness (QED) is 0.530. The molecule has 8 heteroatoms. The van der Waals surface area contributed by atoms with Crippen LogP contribution in [-0.2, 0) is 11.3 Å². The second-order valence-corrected chi connectivity index (χ2v) is 7.18. The van der Waals surface area contributed by atoms with Crippen LogP contribution in [0.5, 0.6) is 0 Å². The number of likely N-dealkylation sites (N-methyl/N-ethyl adjacent to an activating group) is 1. The molecule has 8 nitrogen and oxygen atoms in total. The molecule has 148 valence electrons. The van der Waals surface area contributed by atoms with Gasteiger partial charge >= 0.3 is 0 Å². The fourth-order valence-corrected chi connectivity index (χ4v) is 3.90. The first-order valence-corrected chi connectivity index (χ1v) is 9.48. The summed E-state index contributed by atoms with van der Waals surface area (Å²) in [7, 11) is 3.68. The van der Waals surface area contributed by atoms with E-state index in [0.29, 0.717) is 23.9 Å². The van der Waals surface area contributed by atoms with Gasteiger partial charge in [-0.3, -0.25) is 9.98 Å². The van der Waals surface area contributed by atoms with E-state index in [0.717, 1.165) is 47.3 Å². The number of rotatable bonds is 5. The third kappa shape index (κ3) is 3.52. The normalized spacial score (nSPS) is 18.1. The fraction of sp³-hybridized carbons (Fsp3) is 0.333. The fourth-order valence-electron chi connectivity index (χ4n) is 3.90. The molecule has 2 aromatic heterocycles. The summed E-state index contributed by atoms with van der Waals surface area (Å²) in [6, 6.07) is 8.10. The van der Waals surface area contributed by atoms with Gasteiger partial charge in [-0.2, -0.15) is 5.26 Å². The van der Waals surface area contributed by atoms with Crippen LogP contribution in [-0.4, -0.2) is 52.9 Å². The zero-order valence-electron chi connectivity index (χ0n) is 16.5. The van der Waals surface area contributed by atoms with Crippen LogP contribution >= 0.6 is 0 Å². The second-order valence-electron chi connectivity index (χ2n) is 7.18. The first kappa shape index (κ1) is 18.9. The summed E-state index contributed by atoms with van der Waals surface area (Å²) in [5, 5.41) is 10.3. The number of nitriles is 1. The average molecular weight is 389 g/mol. The molecule has 0 saturated carbocycles. The van der Waals surface area contributed by atoms with Gasteiger partial charge in [0.05, 0.1) is 48.7 Å². The summed E-state index contributed by atoms with van der Waals surface area (Å²) in [4.78, 5) is 16.2. The first-order chi connectivity index (χ1) is 14.1. The number of hydrogen-bond acceptors (Lipinski definition) is 7. The summed E-state index contributed by atoms with van der Waals surface area (Å²) >= 11 is 0. The van der Waals surface area contributed by atoms with Crippen molar-refractivity contribution in [1.82, 2.24) is 19.4 Å². The summed E-state index contributed by atoms with van der Waals surface area (Å²) in [5.74, 6) is 1.36. The highest BCUT2D eigenvalue weighted by atomic mass is 16.5. The minimum atomic E-state index is 0.290. The molecule has 0 aliphatic carbocycles. The van der Waals surface area contributed by atoms with Crippen molar-refractivity contribution >= 4 is 28.2 Å². The van der Waals surface area contributed by atoms with Crippen LogP contribution in [0.2, 0.25) is 0 Å². The number of aliphatic imine (C=N–C) groups is 1. The SMILES string of the molecule is COC(C=NCc1nc2cnc3ccc(C#N)cc3c2n1[C@@H]1CCN(C)C1)=CN. The number of aromatic nitrogens is 3. The third-order valence-corrected chi connectivity index (χ3v) is 5.30. The van der Waals surface area contributed by atoms with Gasteiger partial charge in [0.15, 0.2) is 5.76 Å². The zero-order valence-corrected chi connectivity index (χ0v) is 16.5. The predicted molar refractivity (Wildman–Crippen MR) is 112 cm³/mol. The number of pyridine rings is 1. The number of methoxy groups -OCH3 is 1. The molecule has 0 bridgehead atoms. The largest absolute Gasteiger partial charge is 0.494 e. The number of nitrogens with zero attached hydrogens (tertiary/aromatic N) is 6. The van der Waals surface area contributed by atoms with Crippen molar-refractivity contribution in [3.05, 3.63) is 47.7 Å². The Hall–Kier alpha value is -3.44. The molecule has 29 heavy (non-hydrogen) atoms. The van der Waals surface area contributed by atoms with Gasteiger partial charge in [0.2, 0.25) is 0 Å². The summed E-state index contributed by atoms with van der Waals surface area (Å²) in [6.07, 6.45) is 5.81. The van der Waals surface area contributed by atoms with Gasteiger partial charge in [-0.05, 0) is 38.2 Å². The van der Waals surface area contributed by atoms with E-state index in [1.165, 1.54) is 6.20 Å². The van der Waals surface area contributed by atoms with Crippen LogP contribution in [0.1, 0.15) is 23.9 Å². The molecule has 1 aromatic carbocycles. The van der Waals surface area contributed by atoms with Crippen molar-refractivity contribution in [3.63, 3.8) is 0 Å². The van der Waals surface area contributed by atoms with Gasteiger partial charge in [-0.25, -0.2) is 4.98 Å². The lowest BCUT2D eigenvalue weighted by Gasteiger charge is -2.17. The van der Waals surface area contributed by atoms with E-state index >= 15 is 0 Å². The van der Waals surface area contributed by atoms with Crippen molar-refractivity contribution < 1.29 is 4.74 Å². The lowest BCUT2D eigenvalue weighted by Crippen LogP contribution is -2.18. The third-order valence-electron chi connectivity index (χ3n) is 5.30. The van der Waals surface area contributed by atoms with Crippen molar-refractivity contribution in [2.24, 2.45) is 10.7 Å². The Bertz CT molecular complexity index is 1160. The average Bonchev–Trinajstić information content (AvgIpc) is 3.33. The molecule has 2 N–H and O–H groups in total. The molecular weight excluding hydrogens is 366 g/mol. The number of benzene rings is 1. The summed E-state index contributed by atoms with van der Waals surface area (Å²) in [6.45, 7) is 2.37. The van der Waals surface area contributed by atoms with E-state index in [1.54, 1.807) is 25.6 Å². The monoisotopic (exact) mass is 389 g/mol. The maximum atomic E-state index is 9.36. The maximum Gasteiger partial charge on any atom is 0.152 e. The highest BCUT2D eigenvalue weighted by Gasteiger charge is 2.26. The highest BCUT2D eigenvalue weighted by Crippen LogP contribution is 2.32. The number of ether oxygens (including phenoxy) is 1. The van der Waals surface area contributed by atoms with Gasteiger partial charge in [0.1, 0.15) is 11.3 Å². The Balaban J connectivity index is 1.88. The van der Waals surface area contributed by atoms with Gasteiger partial charge in [0.25, 0.3) is 0 Å². The van der Waals surface area contributed by atoms with Crippen molar-refractivity contribution in [2.45, 2.75) is 19.0 Å². The zero-order chi connectivity index (χ0) is 20.4. The minimum Gasteiger partial charge on any atom is -0.494 e. The molecule has 0 spiro atoms. The van der Waals surface area contributed by atoms with Gasteiger partial charge < -0.3 is 19.9 Å². The molecule has 1 fully saturated rings. The van der Waals surface area contributed by atoms with Crippen molar-refractivity contribution in [3.8, 4) is 6.07 Å². The van der Waals surface area contributed by atoms with Crippen molar-refractivity contribution in [2.75, 3.05) is 27.2 Å².